The maximum Gasteiger partial charge on any atom is 0.224 e. The molecule has 0 saturated heterocycles. The normalized spacial score (nSPS) is 18.1. The fourth-order valence-corrected chi connectivity index (χ4v) is 2.64. The first-order valence-corrected chi connectivity index (χ1v) is 6.65. The van der Waals surface area contributed by atoms with E-state index in [-0.39, 0.29) is 11.9 Å². The molecule has 3 heterocycles. The molecular formula is C12H17N7O. The highest BCUT2D eigenvalue weighted by Crippen LogP contribution is 2.21. The zero-order valence-electron chi connectivity index (χ0n) is 11.6. The lowest BCUT2D eigenvalue weighted by Gasteiger charge is -2.32. The van der Waals surface area contributed by atoms with Crippen molar-refractivity contribution < 1.29 is 4.79 Å². The van der Waals surface area contributed by atoms with Crippen molar-refractivity contribution in [2.75, 3.05) is 6.54 Å². The van der Waals surface area contributed by atoms with E-state index in [1.54, 1.807) is 11.0 Å². The van der Waals surface area contributed by atoms with E-state index in [4.69, 9.17) is 0 Å². The molecule has 0 radical (unpaired) electrons. The molecule has 2 aromatic heterocycles. The molecular weight excluding hydrogens is 258 g/mol. The van der Waals surface area contributed by atoms with Gasteiger partial charge in [-0.2, -0.15) is 5.10 Å². The predicted molar refractivity (Wildman–Crippen MR) is 69.5 cm³/mol. The number of amides is 1. The van der Waals surface area contributed by atoms with E-state index in [1.165, 1.54) is 6.33 Å². The van der Waals surface area contributed by atoms with Crippen LogP contribution in [0.2, 0.25) is 0 Å². The Morgan fingerprint density at radius 1 is 1.45 bits per heavy atom. The minimum Gasteiger partial charge on any atom is -0.333 e. The lowest BCUT2D eigenvalue weighted by Crippen LogP contribution is -2.40. The average molecular weight is 275 g/mol. The van der Waals surface area contributed by atoms with Crippen molar-refractivity contribution in [3.05, 3.63) is 24.3 Å². The van der Waals surface area contributed by atoms with Gasteiger partial charge in [-0.25, -0.2) is 4.98 Å². The molecule has 1 atom stereocenters. The largest absolute Gasteiger partial charge is 0.333 e. The van der Waals surface area contributed by atoms with E-state index in [2.05, 4.69) is 31.8 Å². The quantitative estimate of drug-likeness (QED) is 0.797. The van der Waals surface area contributed by atoms with Crippen LogP contribution in [0.1, 0.15) is 31.0 Å². The summed E-state index contributed by atoms with van der Waals surface area (Å²) in [6.45, 7) is 5.80. The van der Waals surface area contributed by atoms with Gasteiger partial charge >= 0.3 is 0 Å². The third-order valence-electron chi connectivity index (χ3n) is 3.57. The molecule has 0 fully saturated rings. The fourth-order valence-electron chi connectivity index (χ4n) is 2.64. The maximum absolute atomic E-state index is 12.3. The highest BCUT2D eigenvalue weighted by Gasteiger charge is 2.27. The Morgan fingerprint density at radius 3 is 3.05 bits per heavy atom. The van der Waals surface area contributed by atoms with Crippen LogP contribution >= 0.6 is 0 Å². The summed E-state index contributed by atoms with van der Waals surface area (Å²) in [5, 5.41) is 12.2. The van der Waals surface area contributed by atoms with Crippen molar-refractivity contribution in [2.24, 2.45) is 0 Å². The van der Waals surface area contributed by atoms with Crippen LogP contribution in [0.5, 0.6) is 0 Å². The summed E-state index contributed by atoms with van der Waals surface area (Å²) < 4.78 is 3.76. The maximum atomic E-state index is 12.3. The molecule has 106 valence electrons. The summed E-state index contributed by atoms with van der Waals surface area (Å²) >= 11 is 0. The minimum atomic E-state index is 0.110. The summed E-state index contributed by atoms with van der Waals surface area (Å²) in [4.78, 5) is 18.0. The highest BCUT2D eigenvalue weighted by molar-refractivity contribution is 5.76. The number of hydrogen-bond donors (Lipinski definition) is 0. The van der Waals surface area contributed by atoms with Gasteiger partial charge in [0.25, 0.3) is 0 Å². The van der Waals surface area contributed by atoms with Gasteiger partial charge in [0.2, 0.25) is 5.91 Å². The number of aromatic nitrogens is 6. The molecule has 0 unspecified atom stereocenters. The summed E-state index contributed by atoms with van der Waals surface area (Å²) in [6.07, 6.45) is 3.51. The lowest BCUT2D eigenvalue weighted by molar-refractivity contribution is -0.133. The van der Waals surface area contributed by atoms with E-state index in [1.807, 2.05) is 11.8 Å². The zero-order valence-corrected chi connectivity index (χ0v) is 11.6. The Morgan fingerprint density at radius 2 is 2.30 bits per heavy atom. The van der Waals surface area contributed by atoms with E-state index < -0.39 is 0 Å². The van der Waals surface area contributed by atoms with Crippen molar-refractivity contribution in [1.29, 1.82) is 0 Å². The molecule has 0 aliphatic carbocycles. The van der Waals surface area contributed by atoms with Gasteiger partial charge in [-0.3, -0.25) is 9.48 Å². The zero-order chi connectivity index (χ0) is 14.1. The summed E-state index contributed by atoms with van der Waals surface area (Å²) in [5.74, 6) is 1.87. The van der Waals surface area contributed by atoms with Crippen LogP contribution in [0, 0.1) is 6.92 Å². The smallest absolute Gasteiger partial charge is 0.224 e. The van der Waals surface area contributed by atoms with E-state index >= 15 is 0 Å². The van der Waals surface area contributed by atoms with Crippen LogP contribution in [0.25, 0.3) is 0 Å². The Kier molecular flexibility index (Phi) is 3.21. The Bertz CT molecular complexity index is 603. The van der Waals surface area contributed by atoms with E-state index in [0.717, 1.165) is 11.6 Å². The van der Waals surface area contributed by atoms with Gasteiger partial charge in [-0.15, -0.1) is 10.2 Å². The van der Waals surface area contributed by atoms with Crippen LogP contribution < -0.4 is 0 Å². The highest BCUT2D eigenvalue weighted by atomic mass is 16.2. The predicted octanol–water partition coefficient (Wildman–Crippen LogP) is 0.172. The number of nitrogens with zero attached hydrogens (tertiary/aromatic N) is 7. The molecule has 0 bridgehead atoms. The second kappa shape index (κ2) is 5.03. The molecule has 8 nitrogen and oxygen atoms in total. The summed E-state index contributed by atoms with van der Waals surface area (Å²) in [7, 11) is 0. The van der Waals surface area contributed by atoms with Crippen LogP contribution in [0.3, 0.4) is 0 Å². The Labute approximate surface area is 116 Å². The Hall–Kier alpha value is -2.25. The number of carbonyl (C=O) groups excluding carboxylic acids is 1. The second-order valence-electron chi connectivity index (χ2n) is 5.07. The topological polar surface area (TPSA) is 81.7 Å². The second-order valence-corrected chi connectivity index (χ2v) is 5.07. The van der Waals surface area contributed by atoms with Gasteiger partial charge in [-0.05, 0) is 13.8 Å². The molecule has 0 spiro atoms. The van der Waals surface area contributed by atoms with Gasteiger partial charge in [-0.1, -0.05) is 0 Å². The van der Waals surface area contributed by atoms with Crippen LogP contribution in [0.4, 0.5) is 0 Å². The number of carbonyl (C=O) groups is 1. The molecule has 2 aromatic rings. The first-order valence-electron chi connectivity index (χ1n) is 6.65. The molecule has 1 amide bonds. The molecule has 0 saturated carbocycles. The molecule has 0 N–H and O–H groups in total. The first-order chi connectivity index (χ1) is 9.65. The number of fused-ring (bicyclic) bond motifs is 1. The lowest BCUT2D eigenvalue weighted by atomic mass is 10.2. The van der Waals surface area contributed by atoms with E-state index in [0.29, 0.717) is 26.1 Å². The van der Waals surface area contributed by atoms with Crippen molar-refractivity contribution in [2.45, 2.75) is 39.4 Å². The molecule has 1 aliphatic heterocycles. The number of aryl methyl sites for hydroxylation is 2. The van der Waals surface area contributed by atoms with Gasteiger partial charge in [0.15, 0.2) is 5.82 Å². The fraction of sp³-hybridized carbons (Fsp3) is 0.583. The Balaban J connectivity index is 1.65. The minimum absolute atomic E-state index is 0.110. The third-order valence-corrected chi connectivity index (χ3v) is 3.57. The standard InChI is InChI=1S/C12H17N7O/c1-9-5-17(6-11-16-15-10(2)19(9)11)12(20)3-4-18-8-13-7-14-18/h7-9H,3-6H2,1-2H3/t9-/m1/s1. The van der Waals surface area contributed by atoms with Crippen molar-refractivity contribution in [3.63, 3.8) is 0 Å². The van der Waals surface area contributed by atoms with Gasteiger partial charge in [0.1, 0.15) is 18.5 Å². The number of rotatable bonds is 3. The van der Waals surface area contributed by atoms with Crippen LogP contribution in [-0.4, -0.2) is 46.9 Å². The average Bonchev–Trinajstić information content (AvgIpc) is 3.06. The molecule has 1 aliphatic rings. The van der Waals surface area contributed by atoms with Crippen LogP contribution in [0.15, 0.2) is 12.7 Å². The van der Waals surface area contributed by atoms with Crippen molar-refractivity contribution >= 4 is 5.91 Å². The van der Waals surface area contributed by atoms with Crippen LogP contribution in [-0.2, 0) is 17.9 Å². The monoisotopic (exact) mass is 275 g/mol. The molecule has 0 aromatic carbocycles. The van der Waals surface area contributed by atoms with E-state index in [9.17, 15) is 4.79 Å². The first kappa shape index (κ1) is 12.8. The number of hydrogen-bond acceptors (Lipinski definition) is 5. The van der Waals surface area contributed by atoms with Gasteiger partial charge < -0.3 is 9.47 Å². The SMILES string of the molecule is Cc1nnc2n1[C@H](C)CN(C(=O)CCn1cncn1)C2. The van der Waals surface area contributed by atoms with Crippen molar-refractivity contribution in [3.8, 4) is 0 Å². The summed E-state index contributed by atoms with van der Waals surface area (Å²) in [6, 6.07) is 0.212. The summed E-state index contributed by atoms with van der Waals surface area (Å²) in [5.41, 5.74) is 0. The molecule has 20 heavy (non-hydrogen) atoms. The molecule has 8 heteroatoms. The van der Waals surface area contributed by atoms with Gasteiger partial charge in [0, 0.05) is 13.0 Å². The van der Waals surface area contributed by atoms with Crippen molar-refractivity contribution in [1.82, 2.24) is 34.4 Å². The van der Waals surface area contributed by atoms with Gasteiger partial charge in [0.05, 0.1) is 19.1 Å². The third kappa shape index (κ3) is 2.28. The molecule has 3 rings (SSSR count).